The molecule has 7 heteroatoms. The minimum Gasteiger partial charge on any atom is -0.497 e. The van der Waals surface area contributed by atoms with Crippen molar-refractivity contribution in [3.05, 3.63) is 41.3 Å². The number of fused-ring (bicyclic) bond motifs is 1. The van der Waals surface area contributed by atoms with Crippen molar-refractivity contribution >= 4 is 17.4 Å². The van der Waals surface area contributed by atoms with Crippen molar-refractivity contribution in [3.8, 4) is 5.75 Å². The zero-order valence-electron chi connectivity index (χ0n) is 22.8. The Bertz CT molecular complexity index is 1040. The van der Waals surface area contributed by atoms with E-state index in [1.54, 1.807) is 7.11 Å². The number of ether oxygens (including phenoxy) is 1. The lowest BCUT2D eigenvalue weighted by Gasteiger charge is -2.36. The van der Waals surface area contributed by atoms with Gasteiger partial charge in [0, 0.05) is 62.0 Å². The van der Waals surface area contributed by atoms with Crippen LogP contribution in [0, 0.1) is 0 Å². The Kier molecular flexibility index (Phi) is 8.50. The second-order valence-corrected chi connectivity index (χ2v) is 11.1. The topological polar surface area (TPSA) is 61.8 Å². The van der Waals surface area contributed by atoms with Crippen LogP contribution >= 0.6 is 0 Å². The highest BCUT2D eigenvalue weighted by atomic mass is 16.5. The molecular weight excluding hydrogens is 450 g/mol. The van der Waals surface area contributed by atoms with Gasteiger partial charge in [-0.1, -0.05) is 34.1 Å². The van der Waals surface area contributed by atoms with Crippen molar-refractivity contribution in [1.82, 2.24) is 14.9 Å². The molecule has 196 valence electrons. The number of piperazine rings is 1. The summed E-state index contributed by atoms with van der Waals surface area (Å²) in [4.78, 5) is 29.3. The van der Waals surface area contributed by atoms with E-state index in [1.807, 2.05) is 17.0 Å². The predicted octanol–water partition coefficient (Wildman–Crippen LogP) is 4.62. The third-order valence-corrected chi connectivity index (χ3v) is 7.23. The minimum atomic E-state index is -0.0529. The minimum absolute atomic E-state index is 0.0529. The number of anilines is 2. The normalized spacial score (nSPS) is 16.9. The summed E-state index contributed by atoms with van der Waals surface area (Å²) < 4.78 is 5.36. The molecule has 0 saturated carbocycles. The van der Waals surface area contributed by atoms with E-state index in [-0.39, 0.29) is 11.3 Å². The summed E-state index contributed by atoms with van der Waals surface area (Å²) in [6.45, 7) is 14.7. The number of methoxy groups -OCH3 is 1. The Labute approximate surface area is 216 Å². The lowest BCUT2D eigenvalue weighted by Crippen LogP contribution is -2.47. The quantitative estimate of drug-likeness (QED) is 0.475. The number of carbonyl (C=O) groups excluding carboxylic acids is 1. The van der Waals surface area contributed by atoms with Gasteiger partial charge in [-0.15, -0.1) is 0 Å². The van der Waals surface area contributed by atoms with Gasteiger partial charge in [-0.2, -0.15) is 0 Å². The van der Waals surface area contributed by atoms with Gasteiger partial charge < -0.3 is 14.5 Å². The Morgan fingerprint density at radius 3 is 2.42 bits per heavy atom. The van der Waals surface area contributed by atoms with Gasteiger partial charge in [0.2, 0.25) is 5.91 Å². The van der Waals surface area contributed by atoms with E-state index < -0.39 is 0 Å². The van der Waals surface area contributed by atoms with Gasteiger partial charge in [0.05, 0.1) is 7.11 Å². The molecule has 0 N–H and O–H groups in total. The zero-order chi connectivity index (χ0) is 25.7. The fourth-order valence-corrected chi connectivity index (χ4v) is 5.08. The highest BCUT2D eigenvalue weighted by molar-refractivity contribution is 5.96. The van der Waals surface area contributed by atoms with Crippen LogP contribution in [0.2, 0.25) is 0 Å². The molecule has 0 radical (unpaired) electrons. The number of unbranched alkanes of at least 4 members (excludes halogenated alkanes) is 1. The number of nitrogens with zero attached hydrogens (tertiary/aromatic N) is 5. The van der Waals surface area contributed by atoms with Crippen LogP contribution in [0.25, 0.3) is 0 Å². The molecule has 0 unspecified atom stereocenters. The van der Waals surface area contributed by atoms with Crippen LogP contribution in [-0.2, 0) is 23.1 Å². The third kappa shape index (κ3) is 6.36. The van der Waals surface area contributed by atoms with Gasteiger partial charge in [-0.25, -0.2) is 9.97 Å². The zero-order valence-corrected chi connectivity index (χ0v) is 22.8. The standard InChI is InChI=1S/C29H43N5O2/c1-6-9-23-21-26(31-28(30-23)29(2,3)4)33-18-16-32(17-19-33)14-7-8-15-34-25-12-11-24(36-5)20-22(25)10-13-27(34)35/h11-12,20-21H,6-10,13-19H2,1-5H3. The SMILES string of the molecule is CCCc1cc(N2CCN(CCCCN3C(=O)CCc4cc(OC)ccc43)CC2)nc(C(C)(C)C)n1. The summed E-state index contributed by atoms with van der Waals surface area (Å²) in [5, 5.41) is 0. The van der Waals surface area contributed by atoms with E-state index in [9.17, 15) is 4.79 Å². The molecular formula is C29H43N5O2. The lowest BCUT2D eigenvalue weighted by atomic mass is 9.95. The largest absolute Gasteiger partial charge is 0.497 e. The Balaban J connectivity index is 1.27. The molecule has 3 heterocycles. The van der Waals surface area contributed by atoms with Gasteiger partial charge in [-0.3, -0.25) is 9.69 Å². The fourth-order valence-electron chi connectivity index (χ4n) is 5.08. The van der Waals surface area contributed by atoms with Crippen molar-refractivity contribution in [1.29, 1.82) is 0 Å². The van der Waals surface area contributed by atoms with E-state index in [0.29, 0.717) is 6.42 Å². The molecule has 0 spiro atoms. The molecule has 0 aliphatic carbocycles. The first-order chi connectivity index (χ1) is 17.3. The summed E-state index contributed by atoms with van der Waals surface area (Å²) in [6, 6.07) is 8.25. The first kappa shape index (κ1) is 26.4. The lowest BCUT2D eigenvalue weighted by molar-refractivity contribution is -0.118. The molecule has 1 aromatic carbocycles. The Morgan fingerprint density at radius 1 is 0.972 bits per heavy atom. The molecule has 2 aromatic rings. The van der Waals surface area contributed by atoms with E-state index in [2.05, 4.69) is 49.6 Å². The summed E-state index contributed by atoms with van der Waals surface area (Å²) in [7, 11) is 1.69. The van der Waals surface area contributed by atoms with Gasteiger partial charge in [-0.05, 0) is 56.0 Å². The highest BCUT2D eigenvalue weighted by Crippen LogP contribution is 2.31. The average molecular weight is 494 g/mol. The Morgan fingerprint density at radius 2 is 1.72 bits per heavy atom. The monoisotopic (exact) mass is 493 g/mol. The molecule has 4 rings (SSSR count). The number of aromatic nitrogens is 2. The second-order valence-electron chi connectivity index (χ2n) is 11.1. The van der Waals surface area contributed by atoms with Gasteiger partial charge in [0.15, 0.2) is 0 Å². The van der Waals surface area contributed by atoms with Crippen LogP contribution in [0.5, 0.6) is 5.75 Å². The number of hydrogen-bond donors (Lipinski definition) is 0. The van der Waals surface area contributed by atoms with E-state index in [0.717, 1.165) is 100 Å². The summed E-state index contributed by atoms with van der Waals surface area (Å²) in [6.07, 6.45) is 5.58. The van der Waals surface area contributed by atoms with Crippen LogP contribution in [-0.4, -0.2) is 67.2 Å². The van der Waals surface area contributed by atoms with Crippen molar-refractivity contribution < 1.29 is 9.53 Å². The average Bonchev–Trinajstić information content (AvgIpc) is 2.87. The van der Waals surface area contributed by atoms with Crippen molar-refractivity contribution in [2.75, 3.05) is 56.2 Å². The van der Waals surface area contributed by atoms with Gasteiger partial charge in [0.1, 0.15) is 17.4 Å². The first-order valence-electron chi connectivity index (χ1n) is 13.6. The highest BCUT2D eigenvalue weighted by Gasteiger charge is 2.25. The maximum Gasteiger partial charge on any atom is 0.227 e. The van der Waals surface area contributed by atoms with Crippen LogP contribution in [0.3, 0.4) is 0 Å². The maximum absolute atomic E-state index is 12.6. The third-order valence-electron chi connectivity index (χ3n) is 7.23. The molecule has 36 heavy (non-hydrogen) atoms. The Hall–Kier alpha value is -2.67. The molecule has 1 amide bonds. The van der Waals surface area contributed by atoms with Crippen LogP contribution in [0.15, 0.2) is 24.3 Å². The van der Waals surface area contributed by atoms with E-state index in [1.165, 1.54) is 5.56 Å². The van der Waals surface area contributed by atoms with Crippen molar-refractivity contribution in [2.24, 2.45) is 0 Å². The fraction of sp³-hybridized carbons (Fsp3) is 0.621. The molecule has 0 atom stereocenters. The summed E-state index contributed by atoms with van der Waals surface area (Å²) >= 11 is 0. The van der Waals surface area contributed by atoms with Crippen LogP contribution in [0.1, 0.15) is 70.5 Å². The number of hydrogen-bond acceptors (Lipinski definition) is 6. The van der Waals surface area contributed by atoms with Crippen LogP contribution in [0.4, 0.5) is 11.5 Å². The van der Waals surface area contributed by atoms with E-state index >= 15 is 0 Å². The molecule has 7 nitrogen and oxygen atoms in total. The first-order valence-corrected chi connectivity index (χ1v) is 13.6. The molecule has 2 aliphatic heterocycles. The molecule has 1 saturated heterocycles. The predicted molar refractivity (Wildman–Crippen MR) is 146 cm³/mol. The molecule has 1 fully saturated rings. The molecule has 0 bridgehead atoms. The molecule has 1 aromatic heterocycles. The smallest absolute Gasteiger partial charge is 0.227 e. The summed E-state index contributed by atoms with van der Waals surface area (Å²) in [5.41, 5.74) is 3.37. The number of carbonyl (C=O) groups is 1. The molecule has 2 aliphatic rings. The van der Waals surface area contributed by atoms with Gasteiger partial charge >= 0.3 is 0 Å². The van der Waals surface area contributed by atoms with Crippen LogP contribution < -0.4 is 14.5 Å². The number of rotatable bonds is 9. The maximum atomic E-state index is 12.6. The van der Waals surface area contributed by atoms with Crippen molar-refractivity contribution in [2.45, 2.75) is 71.6 Å². The van der Waals surface area contributed by atoms with E-state index in [4.69, 9.17) is 14.7 Å². The second kappa shape index (κ2) is 11.6. The van der Waals surface area contributed by atoms with Crippen molar-refractivity contribution in [3.63, 3.8) is 0 Å². The number of benzene rings is 1. The van der Waals surface area contributed by atoms with Gasteiger partial charge in [0.25, 0.3) is 0 Å². The number of amides is 1. The number of aryl methyl sites for hydroxylation is 2. The summed E-state index contributed by atoms with van der Waals surface area (Å²) in [5.74, 6) is 3.12.